The minimum absolute atomic E-state index is 0.205. The lowest BCUT2D eigenvalue weighted by Gasteiger charge is -2.29. The summed E-state index contributed by atoms with van der Waals surface area (Å²) in [6, 6.07) is 6.22. The van der Waals surface area contributed by atoms with Gasteiger partial charge in [-0.3, -0.25) is 4.99 Å². The van der Waals surface area contributed by atoms with Gasteiger partial charge in [-0.15, -0.1) is 0 Å². The van der Waals surface area contributed by atoms with E-state index in [1.165, 1.54) is 11.1 Å². The van der Waals surface area contributed by atoms with Crippen molar-refractivity contribution in [3.63, 3.8) is 0 Å². The first-order valence-corrected chi connectivity index (χ1v) is 7.47. The standard InChI is InChI=1S/C15H20ClN3O/c1-10-7-11(16)4-5-13(10)14-8-18-15(17)19(14)9-12-3-2-6-20-12/h4-5,7,12,14H,2-3,6,8-9H2,1H3,(H2,17,18). The highest BCUT2D eigenvalue weighted by Gasteiger charge is 2.31. The first-order chi connectivity index (χ1) is 9.65. The molecule has 0 aromatic heterocycles. The van der Waals surface area contributed by atoms with Crippen LogP contribution in [0.2, 0.25) is 5.02 Å². The highest BCUT2D eigenvalue weighted by atomic mass is 35.5. The molecule has 2 N–H and O–H groups in total. The van der Waals surface area contributed by atoms with Gasteiger partial charge in [0.2, 0.25) is 0 Å². The second-order valence-electron chi connectivity index (χ2n) is 5.50. The van der Waals surface area contributed by atoms with Crippen LogP contribution in [0.5, 0.6) is 0 Å². The zero-order chi connectivity index (χ0) is 14.1. The van der Waals surface area contributed by atoms with E-state index in [2.05, 4.69) is 22.9 Å². The fourth-order valence-corrected chi connectivity index (χ4v) is 3.26. The van der Waals surface area contributed by atoms with E-state index in [4.69, 9.17) is 22.1 Å². The van der Waals surface area contributed by atoms with Gasteiger partial charge in [-0.05, 0) is 43.0 Å². The zero-order valence-electron chi connectivity index (χ0n) is 11.7. The Morgan fingerprint density at radius 1 is 1.50 bits per heavy atom. The predicted octanol–water partition coefficient (Wildman–Crippen LogP) is 2.50. The summed E-state index contributed by atoms with van der Waals surface area (Å²) in [6.45, 7) is 4.48. The van der Waals surface area contributed by atoms with Crippen molar-refractivity contribution < 1.29 is 4.74 Å². The summed E-state index contributed by atoms with van der Waals surface area (Å²) < 4.78 is 5.72. The van der Waals surface area contributed by atoms with Crippen LogP contribution in [0.25, 0.3) is 0 Å². The molecule has 108 valence electrons. The lowest BCUT2D eigenvalue weighted by Crippen LogP contribution is -2.41. The summed E-state index contributed by atoms with van der Waals surface area (Å²) in [5, 5.41) is 0.767. The van der Waals surface area contributed by atoms with Gasteiger partial charge in [0.15, 0.2) is 5.96 Å². The molecule has 0 saturated carbocycles. The molecule has 20 heavy (non-hydrogen) atoms. The highest BCUT2D eigenvalue weighted by molar-refractivity contribution is 6.30. The number of hydrogen-bond acceptors (Lipinski definition) is 4. The van der Waals surface area contributed by atoms with Crippen molar-refractivity contribution in [1.29, 1.82) is 0 Å². The van der Waals surface area contributed by atoms with Crippen molar-refractivity contribution in [1.82, 2.24) is 4.90 Å². The van der Waals surface area contributed by atoms with Crippen LogP contribution in [-0.2, 0) is 4.74 Å². The van der Waals surface area contributed by atoms with Gasteiger partial charge in [-0.25, -0.2) is 0 Å². The van der Waals surface area contributed by atoms with Crippen molar-refractivity contribution in [2.45, 2.75) is 31.9 Å². The average molecular weight is 294 g/mol. The maximum Gasteiger partial charge on any atom is 0.192 e. The minimum Gasteiger partial charge on any atom is -0.376 e. The van der Waals surface area contributed by atoms with Crippen LogP contribution in [0.1, 0.15) is 30.0 Å². The number of benzene rings is 1. The van der Waals surface area contributed by atoms with Crippen LogP contribution in [0.15, 0.2) is 23.2 Å². The van der Waals surface area contributed by atoms with Crippen LogP contribution in [0.4, 0.5) is 0 Å². The van der Waals surface area contributed by atoms with E-state index in [-0.39, 0.29) is 12.1 Å². The van der Waals surface area contributed by atoms with Gasteiger partial charge < -0.3 is 15.4 Å². The Hall–Kier alpha value is -1.26. The maximum absolute atomic E-state index is 6.06. The van der Waals surface area contributed by atoms with Crippen molar-refractivity contribution >= 4 is 17.6 Å². The van der Waals surface area contributed by atoms with E-state index >= 15 is 0 Å². The smallest absolute Gasteiger partial charge is 0.192 e. The Kier molecular flexibility index (Phi) is 3.85. The van der Waals surface area contributed by atoms with Crippen LogP contribution >= 0.6 is 11.6 Å². The molecule has 5 heteroatoms. The number of guanidine groups is 1. The molecule has 0 bridgehead atoms. The quantitative estimate of drug-likeness (QED) is 0.931. The van der Waals surface area contributed by atoms with Crippen LogP contribution < -0.4 is 5.73 Å². The lowest BCUT2D eigenvalue weighted by molar-refractivity contribution is 0.0852. The summed E-state index contributed by atoms with van der Waals surface area (Å²) >= 11 is 6.04. The molecule has 0 aliphatic carbocycles. The van der Waals surface area contributed by atoms with E-state index in [0.717, 1.165) is 31.0 Å². The number of hydrogen-bond donors (Lipinski definition) is 1. The number of aryl methyl sites for hydroxylation is 1. The van der Waals surface area contributed by atoms with Crippen molar-refractivity contribution in [2.24, 2.45) is 10.7 Å². The SMILES string of the molecule is Cc1cc(Cl)ccc1C1CN=C(N)N1CC1CCCO1. The summed E-state index contributed by atoms with van der Waals surface area (Å²) in [4.78, 5) is 6.59. The summed E-state index contributed by atoms with van der Waals surface area (Å²) in [5.41, 5.74) is 8.49. The topological polar surface area (TPSA) is 50.8 Å². The van der Waals surface area contributed by atoms with E-state index in [1.54, 1.807) is 0 Å². The molecule has 1 aromatic rings. The van der Waals surface area contributed by atoms with Gasteiger partial charge >= 0.3 is 0 Å². The number of nitrogens with two attached hydrogens (primary N) is 1. The summed E-state index contributed by atoms with van der Waals surface area (Å²) in [5.74, 6) is 0.625. The van der Waals surface area contributed by atoms with Gasteiger partial charge in [0.1, 0.15) is 0 Å². The van der Waals surface area contributed by atoms with Crippen LogP contribution in [0.3, 0.4) is 0 Å². The molecular formula is C15H20ClN3O. The number of rotatable bonds is 3. The Morgan fingerprint density at radius 3 is 3.05 bits per heavy atom. The first kappa shape index (κ1) is 13.7. The van der Waals surface area contributed by atoms with Crippen molar-refractivity contribution in [3.05, 3.63) is 34.3 Å². The molecule has 1 aromatic carbocycles. The fourth-order valence-electron chi connectivity index (χ4n) is 3.04. The third-order valence-corrected chi connectivity index (χ3v) is 4.35. The molecule has 1 fully saturated rings. The Labute approximate surface area is 124 Å². The monoisotopic (exact) mass is 293 g/mol. The van der Waals surface area contributed by atoms with Crippen molar-refractivity contribution in [2.75, 3.05) is 19.7 Å². The molecule has 1 saturated heterocycles. The lowest BCUT2D eigenvalue weighted by atomic mass is 10.0. The number of aliphatic imine (C=N–C) groups is 1. The van der Waals surface area contributed by atoms with Crippen LogP contribution in [-0.4, -0.2) is 36.7 Å². The Morgan fingerprint density at radius 2 is 2.35 bits per heavy atom. The van der Waals surface area contributed by atoms with E-state index < -0.39 is 0 Å². The number of halogens is 1. The Balaban J connectivity index is 1.80. The maximum atomic E-state index is 6.06. The van der Waals surface area contributed by atoms with Crippen LogP contribution in [0, 0.1) is 6.92 Å². The molecular weight excluding hydrogens is 274 g/mol. The largest absolute Gasteiger partial charge is 0.376 e. The zero-order valence-corrected chi connectivity index (χ0v) is 12.4. The highest BCUT2D eigenvalue weighted by Crippen LogP contribution is 2.30. The van der Waals surface area contributed by atoms with Gasteiger partial charge in [0.05, 0.1) is 18.7 Å². The molecule has 2 aliphatic heterocycles. The normalized spacial score (nSPS) is 26.1. The molecule has 0 spiro atoms. The first-order valence-electron chi connectivity index (χ1n) is 7.09. The second-order valence-corrected chi connectivity index (χ2v) is 5.94. The molecule has 3 rings (SSSR count). The second kappa shape index (κ2) is 5.62. The van der Waals surface area contributed by atoms with Gasteiger partial charge in [0.25, 0.3) is 0 Å². The summed E-state index contributed by atoms with van der Waals surface area (Å²) in [7, 11) is 0. The molecule has 0 amide bonds. The predicted molar refractivity (Wildman–Crippen MR) is 81.1 cm³/mol. The fraction of sp³-hybridized carbons (Fsp3) is 0.533. The van der Waals surface area contributed by atoms with Gasteiger partial charge in [0, 0.05) is 18.2 Å². The van der Waals surface area contributed by atoms with Crippen molar-refractivity contribution in [3.8, 4) is 0 Å². The van der Waals surface area contributed by atoms with Gasteiger partial charge in [-0.2, -0.15) is 0 Å². The third-order valence-electron chi connectivity index (χ3n) is 4.11. The summed E-state index contributed by atoms with van der Waals surface area (Å²) in [6.07, 6.45) is 2.52. The number of ether oxygens (including phenoxy) is 1. The minimum atomic E-state index is 0.205. The van der Waals surface area contributed by atoms with E-state index in [0.29, 0.717) is 12.5 Å². The molecule has 2 atom stereocenters. The average Bonchev–Trinajstić information content (AvgIpc) is 3.03. The molecule has 0 radical (unpaired) electrons. The molecule has 2 aliphatic rings. The third kappa shape index (κ3) is 2.63. The van der Waals surface area contributed by atoms with Gasteiger partial charge in [-0.1, -0.05) is 17.7 Å². The Bertz CT molecular complexity index is 526. The molecule has 2 unspecified atom stereocenters. The molecule has 2 heterocycles. The van der Waals surface area contributed by atoms with E-state index in [9.17, 15) is 0 Å². The molecule has 4 nitrogen and oxygen atoms in total. The number of nitrogens with zero attached hydrogens (tertiary/aromatic N) is 2. The van der Waals surface area contributed by atoms with E-state index in [1.807, 2.05) is 12.1 Å².